The molecule has 2 aliphatic rings. The van der Waals surface area contributed by atoms with Gasteiger partial charge < -0.3 is 19.5 Å². The average molecular weight is 444 g/mol. The molecular weight excluding hydrogens is 418 g/mol. The summed E-state index contributed by atoms with van der Waals surface area (Å²) < 4.78 is 19.1. The lowest BCUT2D eigenvalue weighted by Gasteiger charge is -2.23. The smallest absolute Gasteiger partial charge is 0.224 e. The quantitative estimate of drug-likeness (QED) is 0.507. The minimum absolute atomic E-state index is 0.313. The largest absolute Gasteiger partial charge is 0.486 e. The van der Waals surface area contributed by atoms with Gasteiger partial charge in [0.2, 0.25) is 5.95 Å². The van der Waals surface area contributed by atoms with Crippen LogP contribution in [0.1, 0.15) is 18.4 Å². The molecule has 8 nitrogen and oxygen atoms in total. The lowest BCUT2D eigenvalue weighted by Crippen LogP contribution is -2.28. The van der Waals surface area contributed by atoms with E-state index in [1.807, 2.05) is 30.3 Å². The lowest BCUT2D eigenvalue weighted by atomic mass is 10.1. The summed E-state index contributed by atoms with van der Waals surface area (Å²) in [7, 11) is 0. The van der Waals surface area contributed by atoms with Crippen molar-refractivity contribution in [1.82, 2.24) is 19.5 Å². The van der Waals surface area contributed by atoms with Crippen molar-refractivity contribution in [1.29, 1.82) is 0 Å². The third-order valence-corrected chi connectivity index (χ3v) is 6.03. The van der Waals surface area contributed by atoms with Crippen LogP contribution < -0.4 is 14.8 Å². The first kappa shape index (κ1) is 20.0. The van der Waals surface area contributed by atoms with Gasteiger partial charge in [-0.1, -0.05) is 6.07 Å². The van der Waals surface area contributed by atoms with Crippen LogP contribution in [0.15, 0.2) is 48.7 Å². The summed E-state index contributed by atoms with van der Waals surface area (Å²) in [4.78, 5) is 14.3. The normalized spacial score (nSPS) is 16.2. The topological polar surface area (TPSA) is 83.3 Å². The van der Waals surface area contributed by atoms with Crippen LogP contribution >= 0.6 is 0 Å². The van der Waals surface area contributed by atoms with E-state index in [-0.39, 0.29) is 0 Å². The second-order valence-electron chi connectivity index (χ2n) is 8.39. The molecule has 0 saturated carbocycles. The molecule has 2 aromatic heterocycles. The Hall–Kier alpha value is -3.65. The van der Waals surface area contributed by atoms with Crippen LogP contribution in [0.5, 0.6) is 11.5 Å². The van der Waals surface area contributed by atoms with Crippen molar-refractivity contribution in [2.24, 2.45) is 0 Å². The number of ether oxygens (including phenoxy) is 3. The van der Waals surface area contributed by atoms with Crippen LogP contribution in [0.3, 0.4) is 0 Å². The first-order chi connectivity index (χ1) is 16.2. The third kappa shape index (κ3) is 3.87. The van der Waals surface area contributed by atoms with E-state index < -0.39 is 0 Å². The predicted molar refractivity (Wildman–Crippen MR) is 125 cm³/mol. The summed E-state index contributed by atoms with van der Waals surface area (Å²) in [6.45, 7) is 4.71. The van der Waals surface area contributed by atoms with Gasteiger partial charge in [-0.25, -0.2) is 9.97 Å². The molecule has 4 aromatic rings. The molecule has 1 N–H and O–H groups in total. The van der Waals surface area contributed by atoms with E-state index in [0.717, 1.165) is 71.4 Å². The number of hydrogen-bond acceptors (Lipinski definition) is 7. The molecule has 6 rings (SSSR count). The van der Waals surface area contributed by atoms with Gasteiger partial charge in [0, 0.05) is 31.0 Å². The molecule has 8 heteroatoms. The number of nitrogens with one attached hydrogen (secondary N) is 1. The molecule has 0 bridgehead atoms. The highest BCUT2D eigenvalue weighted by Gasteiger charge is 2.20. The van der Waals surface area contributed by atoms with Gasteiger partial charge in [-0.3, -0.25) is 4.57 Å². The summed E-state index contributed by atoms with van der Waals surface area (Å²) in [6, 6.07) is 14.4. The lowest BCUT2D eigenvalue weighted by molar-refractivity contribution is 0.0903. The second kappa shape index (κ2) is 8.37. The van der Waals surface area contributed by atoms with Crippen molar-refractivity contribution in [3.05, 3.63) is 54.2 Å². The van der Waals surface area contributed by atoms with E-state index >= 15 is 0 Å². The fraction of sp³-hybridized carbons (Fsp3) is 0.320. The van der Waals surface area contributed by atoms with E-state index in [2.05, 4.69) is 33.9 Å². The molecule has 33 heavy (non-hydrogen) atoms. The minimum atomic E-state index is 0.313. The Bertz CT molecular complexity index is 1310. The van der Waals surface area contributed by atoms with Gasteiger partial charge in [0.1, 0.15) is 24.9 Å². The number of aryl methyl sites for hydroxylation is 1. The van der Waals surface area contributed by atoms with Gasteiger partial charge in [-0.15, -0.1) is 0 Å². The average Bonchev–Trinajstić information content (AvgIpc) is 3.23. The Morgan fingerprint density at radius 3 is 2.64 bits per heavy atom. The summed E-state index contributed by atoms with van der Waals surface area (Å²) in [5, 5.41) is 3.47. The van der Waals surface area contributed by atoms with Gasteiger partial charge in [0.15, 0.2) is 11.5 Å². The number of fused-ring (bicyclic) bond motifs is 2. The number of imidazole rings is 1. The minimum Gasteiger partial charge on any atom is -0.486 e. The van der Waals surface area contributed by atoms with E-state index in [0.29, 0.717) is 25.2 Å². The van der Waals surface area contributed by atoms with Gasteiger partial charge in [0.25, 0.3) is 0 Å². The molecule has 1 saturated heterocycles. The van der Waals surface area contributed by atoms with E-state index in [4.69, 9.17) is 24.2 Å². The zero-order valence-electron chi connectivity index (χ0n) is 18.5. The molecule has 2 aliphatic heterocycles. The maximum atomic E-state index is 5.82. The van der Waals surface area contributed by atoms with Crippen LogP contribution in [0.25, 0.3) is 28.2 Å². The van der Waals surface area contributed by atoms with Crippen molar-refractivity contribution in [2.45, 2.75) is 25.8 Å². The summed E-state index contributed by atoms with van der Waals surface area (Å²) in [5.74, 6) is 3.66. The maximum absolute atomic E-state index is 5.82. The zero-order chi connectivity index (χ0) is 22.2. The highest BCUT2D eigenvalue weighted by atomic mass is 16.6. The molecule has 0 spiro atoms. The predicted octanol–water partition coefficient (Wildman–Crippen LogP) is 4.15. The van der Waals surface area contributed by atoms with Crippen LogP contribution in [-0.2, 0) is 4.74 Å². The fourth-order valence-corrected chi connectivity index (χ4v) is 4.36. The Balaban J connectivity index is 1.46. The Kier molecular flexibility index (Phi) is 5.07. The monoisotopic (exact) mass is 443 g/mol. The summed E-state index contributed by atoms with van der Waals surface area (Å²) in [6.07, 6.45) is 3.69. The number of anilines is 1. The number of hydrogen-bond donors (Lipinski definition) is 1. The number of aromatic nitrogens is 4. The molecular formula is C25H25N5O3. The fourth-order valence-electron chi connectivity index (χ4n) is 4.36. The molecule has 0 amide bonds. The Morgan fingerprint density at radius 1 is 0.909 bits per heavy atom. The van der Waals surface area contributed by atoms with E-state index in [9.17, 15) is 0 Å². The molecule has 2 aromatic carbocycles. The van der Waals surface area contributed by atoms with Gasteiger partial charge in [0.05, 0.1) is 11.0 Å². The third-order valence-electron chi connectivity index (χ3n) is 6.03. The van der Waals surface area contributed by atoms with Crippen LogP contribution in [-0.4, -0.2) is 52.0 Å². The molecule has 168 valence electrons. The standard InChI is InChI=1S/C25H25N5O3/c1-16-2-4-19-20(14-16)30(23-6-9-26-25(29-23)27-18-7-10-31-11-8-18)24(28-19)17-3-5-21-22(15-17)33-13-12-32-21/h2-6,9,14-15,18H,7-8,10-13H2,1H3,(H,26,27,29). The van der Waals surface area contributed by atoms with Crippen LogP contribution in [0.4, 0.5) is 5.95 Å². The van der Waals surface area contributed by atoms with Gasteiger partial charge in [-0.05, 0) is 61.7 Å². The highest BCUT2D eigenvalue weighted by Crippen LogP contribution is 2.36. The van der Waals surface area contributed by atoms with E-state index in [1.165, 1.54) is 0 Å². The summed E-state index contributed by atoms with van der Waals surface area (Å²) >= 11 is 0. The van der Waals surface area contributed by atoms with Crippen LogP contribution in [0.2, 0.25) is 0 Å². The number of rotatable bonds is 4. The highest BCUT2D eigenvalue weighted by molar-refractivity contribution is 5.84. The van der Waals surface area contributed by atoms with E-state index in [1.54, 1.807) is 6.20 Å². The van der Waals surface area contributed by atoms with Crippen molar-refractivity contribution in [3.8, 4) is 28.7 Å². The van der Waals surface area contributed by atoms with Crippen molar-refractivity contribution >= 4 is 17.0 Å². The SMILES string of the molecule is Cc1ccc2nc(-c3ccc4c(c3)OCCO4)n(-c3ccnc(NC4CCOCC4)n3)c2c1. The number of nitrogens with zero attached hydrogens (tertiary/aromatic N) is 4. The molecule has 0 unspecified atom stereocenters. The molecule has 4 heterocycles. The van der Waals surface area contributed by atoms with Crippen molar-refractivity contribution < 1.29 is 14.2 Å². The molecule has 1 fully saturated rings. The molecule has 0 atom stereocenters. The Labute approximate surface area is 191 Å². The van der Waals surface area contributed by atoms with Gasteiger partial charge >= 0.3 is 0 Å². The Morgan fingerprint density at radius 2 is 1.76 bits per heavy atom. The molecule has 0 aliphatic carbocycles. The zero-order valence-corrected chi connectivity index (χ0v) is 18.5. The maximum Gasteiger partial charge on any atom is 0.224 e. The first-order valence-corrected chi connectivity index (χ1v) is 11.3. The van der Waals surface area contributed by atoms with Gasteiger partial charge in [-0.2, -0.15) is 4.98 Å². The second-order valence-corrected chi connectivity index (χ2v) is 8.39. The first-order valence-electron chi connectivity index (χ1n) is 11.3. The summed E-state index contributed by atoms with van der Waals surface area (Å²) in [5.41, 5.74) is 4.00. The van der Waals surface area contributed by atoms with Crippen molar-refractivity contribution in [2.75, 3.05) is 31.7 Å². The van der Waals surface area contributed by atoms with Crippen molar-refractivity contribution in [3.63, 3.8) is 0 Å². The van der Waals surface area contributed by atoms with Crippen LogP contribution in [0, 0.1) is 6.92 Å². The molecule has 0 radical (unpaired) electrons. The number of benzene rings is 2.